The lowest BCUT2D eigenvalue weighted by molar-refractivity contribution is 0.391. The Hall–Kier alpha value is -2.45. The van der Waals surface area contributed by atoms with E-state index in [2.05, 4.69) is 76.9 Å². The van der Waals surface area contributed by atoms with E-state index in [-0.39, 0.29) is 5.41 Å². The Morgan fingerprint density at radius 3 is 2.55 bits per heavy atom. The summed E-state index contributed by atoms with van der Waals surface area (Å²) in [5.41, 5.74) is 2.50. The summed E-state index contributed by atoms with van der Waals surface area (Å²) in [5.74, 6) is 2.65. The molecule has 0 unspecified atom stereocenters. The molecule has 0 aliphatic carbocycles. The van der Waals surface area contributed by atoms with E-state index in [1.807, 2.05) is 17.5 Å². The second kappa shape index (κ2) is 8.12. The molecule has 1 aromatic carbocycles. The summed E-state index contributed by atoms with van der Waals surface area (Å²) >= 11 is 3.15. The van der Waals surface area contributed by atoms with Crippen molar-refractivity contribution in [1.29, 1.82) is 0 Å². The summed E-state index contributed by atoms with van der Waals surface area (Å²) in [6.45, 7) is 9.53. The van der Waals surface area contributed by atoms with Crippen LogP contribution in [0.25, 0.3) is 22.1 Å². The number of benzene rings is 1. The zero-order chi connectivity index (χ0) is 20.4. The van der Waals surface area contributed by atoms with Crippen LogP contribution in [0, 0.1) is 0 Å². The molecule has 6 nitrogen and oxygen atoms in total. The Labute approximate surface area is 178 Å². The van der Waals surface area contributed by atoms with Gasteiger partial charge < -0.3 is 9.09 Å². The molecule has 4 rings (SSSR count). The van der Waals surface area contributed by atoms with E-state index in [9.17, 15) is 0 Å². The van der Waals surface area contributed by atoms with Crippen molar-refractivity contribution in [1.82, 2.24) is 24.9 Å². The van der Waals surface area contributed by atoms with Crippen molar-refractivity contribution in [3.8, 4) is 22.1 Å². The van der Waals surface area contributed by atoms with Gasteiger partial charge in [-0.3, -0.25) is 0 Å². The molecule has 0 aliphatic heterocycles. The first-order valence-electron chi connectivity index (χ1n) is 9.49. The summed E-state index contributed by atoms with van der Waals surface area (Å²) < 4.78 is 7.51. The molecule has 0 N–H and O–H groups in total. The number of hydrogen-bond donors (Lipinski definition) is 0. The van der Waals surface area contributed by atoms with E-state index in [4.69, 9.17) is 4.52 Å². The average Bonchev–Trinajstić information content (AvgIpc) is 3.45. The van der Waals surface area contributed by atoms with Crippen LogP contribution in [0.3, 0.4) is 0 Å². The number of nitrogens with zero attached hydrogens (tertiary/aromatic N) is 5. The van der Waals surface area contributed by atoms with Gasteiger partial charge in [-0.25, -0.2) is 0 Å². The molecule has 3 heterocycles. The fourth-order valence-corrected chi connectivity index (χ4v) is 4.45. The third-order valence-electron chi connectivity index (χ3n) is 4.58. The van der Waals surface area contributed by atoms with Crippen molar-refractivity contribution >= 4 is 23.1 Å². The Kier molecular flexibility index (Phi) is 5.56. The lowest BCUT2D eigenvalue weighted by atomic mass is 9.87. The summed E-state index contributed by atoms with van der Waals surface area (Å²) in [7, 11) is 0. The Bertz CT molecular complexity index is 1080. The molecule has 0 spiro atoms. The monoisotopic (exact) mass is 425 g/mol. The van der Waals surface area contributed by atoms with Crippen LogP contribution in [0.1, 0.15) is 39.1 Å². The molecular weight excluding hydrogens is 402 g/mol. The Morgan fingerprint density at radius 1 is 1.10 bits per heavy atom. The highest BCUT2D eigenvalue weighted by molar-refractivity contribution is 7.98. The largest absolute Gasteiger partial charge is 0.338 e. The van der Waals surface area contributed by atoms with E-state index in [0.717, 1.165) is 28.0 Å². The molecule has 0 saturated heterocycles. The molecular formula is C21H23N5OS2. The van der Waals surface area contributed by atoms with Crippen LogP contribution in [-0.4, -0.2) is 24.9 Å². The van der Waals surface area contributed by atoms with Crippen LogP contribution in [0.4, 0.5) is 0 Å². The normalized spacial score (nSPS) is 11.9. The fraction of sp³-hybridized carbons (Fsp3) is 0.333. The van der Waals surface area contributed by atoms with Gasteiger partial charge in [0.1, 0.15) is 0 Å². The zero-order valence-electron chi connectivity index (χ0n) is 16.9. The molecule has 8 heteroatoms. The molecule has 0 fully saturated rings. The van der Waals surface area contributed by atoms with Gasteiger partial charge in [0.15, 0.2) is 11.0 Å². The maximum Gasteiger partial charge on any atom is 0.237 e. The molecule has 0 saturated carbocycles. The summed E-state index contributed by atoms with van der Waals surface area (Å²) in [6, 6.07) is 12.5. The predicted octanol–water partition coefficient (Wildman–Crippen LogP) is 5.67. The first-order chi connectivity index (χ1) is 14.0. The van der Waals surface area contributed by atoms with Crippen molar-refractivity contribution in [2.75, 3.05) is 0 Å². The van der Waals surface area contributed by atoms with Gasteiger partial charge in [-0.2, -0.15) is 4.98 Å². The lowest BCUT2D eigenvalue weighted by Crippen LogP contribution is -2.10. The number of hydrogen-bond acceptors (Lipinski definition) is 7. The van der Waals surface area contributed by atoms with Gasteiger partial charge in [0.25, 0.3) is 0 Å². The number of thioether (sulfide) groups is 1. The summed E-state index contributed by atoms with van der Waals surface area (Å²) in [4.78, 5) is 5.48. The third kappa shape index (κ3) is 4.28. The van der Waals surface area contributed by atoms with Gasteiger partial charge in [0, 0.05) is 12.1 Å². The van der Waals surface area contributed by atoms with Crippen molar-refractivity contribution in [2.45, 2.75) is 50.6 Å². The van der Waals surface area contributed by atoms with Crippen LogP contribution < -0.4 is 0 Å². The van der Waals surface area contributed by atoms with Crippen molar-refractivity contribution in [3.05, 3.63) is 53.2 Å². The van der Waals surface area contributed by atoms with E-state index >= 15 is 0 Å². The Morgan fingerprint density at radius 2 is 1.90 bits per heavy atom. The molecule has 0 radical (unpaired) electrons. The minimum absolute atomic E-state index is 0.129. The van der Waals surface area contributed by atoms with E-state index in [1.165, 1.54) is 5.56 Å². The van der Waals surface area contributed by atoms with Crippen LogP contribution in [0.2, 0.25) is 0 Å². The molecule has 3 aromatic heterocycles. The highest BCUT2D eigenvalue weighted by atomic mass is 32.2. The number of thiophene rings is 1. The molecule has 29 heavy (non-hydrogen) atoms. The van der Waals surface area contributed by atoms with Gasteiger partial charge >= 0.3 is 0 Å². The standard InChI is InChI=1S/C21H23N5OS2/c1-5-26-19(14-8-10-15(11-9-14)21(2,3)4)23-24-20(26)29-13-17-22-18(25-27-17)16-7-6-12-28-16/h6-12H,5,13H2,1-4H3. The van der Waals surface area contributed by atoms with Crippen LogP contribution >= 0.6 is 23.1 Å². The average molecular weight is 426 g/mol. The Balaban J connectivity index is 1.50. The maximum absolute atomic E-state index is 5.39. The molecule has 0 atom stereocenters. The highest BCUT2D eigenvalue weighted by Crippen LogP contribution is 2.29. The van der Waals surface area contributed by atoms with Crippen LogP contribution in [0.15, 0.2) is 51.5 Å². The first-order valence-corrected chi connectivity index (χ1v) is 11.4. The van der Waals surface area contributed by atoms with Crippen molar-refractivity contribution < 1.29 is 4.52 Å². The predicted molar refractivity (Wildman–Crippen MR) is 117 cm³/mol. The highest BCUT2D eigenvalue weighted by Gasteiger charge is 2.17. The number of aromatic nitrogens is 5. The minimum atomic E-state index is 0.129. The zero-order valence-corrected chi connectivity index (χ0v) is 18.5. The van der Waals surface area contributed by atoms with Crippen LogP contribution in [0.5, 0.6) is 0 Å². The second-order valence-electron chi connectivity index (χ2n) is 7.66. The summed E-state index contributed by atoms with van der Waals surface area (Å²) in [5, 5.41) is 15.7. The second-order valence-corrected chi connectivity index (χ2v) is 9.55. The van der Waals surface area contributed by atoms with Crippen molar-refractivity contribution in [3.63, 3.8) is 0 Å². The number of rotatable bonds is 6. The quantitative estimate of drug-likeness (QED) is 0.371. The van der Waals surface area contributed by atoms with E-state index in [1.54, 1.807) is 23.1 Å². The molecule has 0 bridgehead atoms. The third-order valence-corrected chi connectivity index (χ3v) is 6.39. The molecule has 0 aliphatic rings. The topological polar surface area (TPSA) is 69.6 Å². The van der Waals surface area contributed by atoms with Gasteiger partial charge in [-0.1, -0.05) is 68.0 Å². The fourth-order valence-electron chi connectivity index (χ4n) is 2.96. The van der Waals surface area contributed by atoms with Gasteiger partial charge in [0.05, 0.1) is 10.6 Å². The van der Waals surface area contributed by atoms with Crippen LogP contribution in [-0.2, 0) is 17.7 Å². The smallest absolute Gasteiger partial charge is 0.237 e. The minimum Gasteiger partial charge on any atom is -0.338 e. The summed E-state index contributed by atoms with van der Waals surface area (Å²) in [6.07, 6.45) is 0. The SMILES string of the molecule is CCn1c(SCc2nc(-c3cccs3)no2)nnc1-c1ccc(C(C)(C)C)cc1. The van der Waals surface area contributed by atoms with E-state index < -0.39 is 0 Å². The van der Waals surface area contributed by atoms with Gasteiger partial charge in [-0.05, 0) is 29.3 Å². The van der Waals surface area contributed by atoms with Gasteiger partial charge in [-0.15, -0.1) is 21.5 Å². The van der Waals surface area contributed by atoms with E-state index in [0.29, 0.717) is 17.5 Å². The maximum atomic E-state index is 5.39. The first kappa shape index (κ1) is 19.8. The van der Waals surface area contributed by atoms with Crippen molar-refractivity contribution in [2.24, 2.45) is 0 Å². The molecule has 4 aromatic rings. The lowest BCUT2D eigenvalue weighted by Gasteiger charge is -2.19. The molecule has 150 valence electrons. The van der Waals surface area contributed by atoms with Gasteiger partial charge in [0.2, 0.25) is 11.7 Å². The molecule has 0 amide bonds.